The molecule has 76 valence electrons. The van der Waals surface area contributed by atoms with Crippen LogP contribution in [0, 0.1) is 19.8 Å². The van der Waals surface area contributed by atoms with Gasteiger partial charge in [-0.3, -0.25) is 0 Å². The van der Waals surface area contributed by atoms with Gasteiger partial charge in [-0.2, -0.15) is 0 Å². The molecule has 0 aromatic heterocycles. The Bertz CT molecular complexity index is 113. The van der Waals surface area contributed by atoms with Gasteiger partial charge in [-0.25, -0.2) is 0 Å². The quantitative estimate of drug-likeness (QED) is 0.379. The van der Waals surface area contributed by atoms with Gasteiger partial charge in [-0.15, -0.1) is 0 Å². The van der Waals surface area contributed by atoms with Crippen LogP contribution < -0.4 is 0 Å². The second-order valence-corrected chi connectivity index (χ2v) is 3.75. The van der Waals surface area contributed by atoms with Crippen molar-refractivity contribution >= 4 is 0 Å². The third kappa shape index (κ3) is 9.66. The Morgan fingerprint density at radius 2 is 1.77 bits per heavy atom. The highest BCUT2D eigenvalue weighted by molar-refractivity contribution is 4.86. The molecule has 0 aliphatic heterocycles. The van der Waals surface area contributed by atoms with Crippen molar-refractivity contribution in [1.82, 2.24) is 0 Å². The first-order valence-corrected chi connectivity index (χ1v) is 5.56. The van der Waals surface area contributed by atoms with E-state index in [9.17, 15) is 0 Å². The van der Waals surface area contributed by atoms with Crippen LogP contribution in [0.5, 0.6) is 0 Å². The lowest BCUT2D eigenvalue weighted by Crippen LogP contribution is -1.89. The largest absolute Gasteiger partial charge is 0.0883 e. The van der Waals surface area contributed by atoms with Gasteiger partial charge in [0.25, 0.3) is 0 Å². The third-order valence-electron chi connectivity index (χ3n) is 2.29. The van der Waals surface area contributed by atoms with Crippen LogP contribution in [0.3, 0.4) is 0 Å². The normalized spacial score (nSPS) is 13.8. The van der Waals surface area contributed by atoms with Gasteiger partial charge in [0.2, 0.25) is 0 Å². The Hall–Kier alpha value is -0.260. The fourth-order valence-electron chi connectivity index (χ4n) is 1.42. The average molecular weight is 180 g/mol. The molecule has 0 bridgehead atoms. The monoisotopic (exact) mass is 180 g/mol. The zero-order valence-corrected chi connectivity index (χ0v) is 9.10. The lowest BCUT2D eigenvalue weighted by molar-refractivity contribution is 0.554. The molecule has 0 heterocycles. The average Bonchev–Trinajstić information content (AvgIpc) is 2.14. The smallest absolute Gasteiger partial charge is 0.0262 e. The molecule has 1 unspecified atom stereocenters. The molecule has 0 fully saturated rings. The van der Waals surface area contributed by atoms with E-state index in [1.807, 2.05) is 0 Å². The fourth-order valence-corrected chi connectivity index (χ4v) is 1.42. The molecule has 2 radical (unpaired) electrons. The van der Waals surface area contributed by atoms with Gasteiger partial charge in [-0.1, -0.05) is 58.1 Å². The second kappa shape index (κ2) is 9.83. The molecule has 0 aromatic rings. The van der Waals surface area contributed by atoms with Crippen molar-refractivity contribution < 1.29 is 0 Å². The zero-order chi connectivity index (χ0) is 9.94. The number of hydrogen-bond donors (Lipinski definition) is 0. The highest BCUT2D eigenvalue weighted by Crippen LogP contribution is 2.12. The van der Waals surface area contributed by atoms with Gasteiger partial charge in [0, 0.05) is 0 Å². The molecule has 0 saturated heterocycles. The molecular formula is C13H24. The van der Waals surface area contributed by atoms with Gasteiger partial charge in [0.1, 0.15) is 0 Å². The Morgan fingerprint density at radius 1 is 1.08 bits per heavy atom. The van der Waals surface area contributed by atoms with E-state index in [-0.39, 0.29) is 0 Å². The van der Waals surface area contributed by atoms with Crippen molar-refractivity contribution in [3.63, 3.8) is 0 Å². The molecular weight excluding hydrogens is 156 g/mol. The Kier molecular flexibility index (Phi) is 9.63. The molecule has 0 amide bonds. The number of unbranched alkanes of at least 4 members (excludes halogenated alkanes) is 4. The summed E-state index contributed by atoms with van der Waals surface area (Å²) in [5.74, 6) is 0.738. The van der Waals surface area contributed by atoms with E-state index >= 15 is 0 Å². The fraction of sp³-hybridized carbons (Fsp3) is 0.692. The van der Waals surface area contributed by atoms with Crippen LogP contribution in [0.2, 0.25) is 0 Å². The van der Waals surface area contributed by atoms with Crippen molar-refractivity contribution in [2.45, 2.75) is 51.9 Å². The predicted octanol–water partition coefficient (Wildman–Crippen LogP) is 4.58. The summed E-state index contributed by atoms with van der Waals surface area (Å²) in [5, 5.41) is 0. The first-order chi connectivity index (χ1) is 6.31. The van der Waals surface area contributed by atoms with Crippen LogP contribution in [0.25, 0.3) is 0 Å². The zero-order valence-electron chi connectivity index (χ0n) is 9.10. The van der Waals surface area contributed by atoms with Gasteiger partial charge in [0.15, 0.2) is 0 Å². The maximum Gasteiger partial charge on any atom is -0.0262 e. The Balaban J connectivity index is 3.16. The third-order valence-corrected chi connectivity index (χ3v) is 2.29. The molecule has 0 aromatic carbocycles. The molecule has 0 aliphatic carbocycles. The van der Waals surface area contributed by atoms with Crippen LogP contribution in [0.1, 0.15) is 51.9 Å². The summed E-state index contributed by atoms with van der Waals surface area (Å²) < 4.78 is 0. The number of hydrogen-bond acceptors (Lipinski definition) is 0. The van der Waals surface area contributed by atoms with Crippen molar-refractivity contribution in [3.05, 3.63) is 26.0 Å². The molecule has 0 saturated carbocycles. The Labute approximate surface area is 84.4 Å². The van der Waals surface area contributed by atoms with Crippen molar-refractivity contribution in [2.75, 3.05) is 0 Å². The summed E-state index contributed by atoms with van der Waals surface area (Å²) in [6.45, 7) is 9.91. The summed E-state index contributed by atoms with van der Waals surface area (Å²) in [5.41, 5.74) is 0. The molecule has 0 spiro atoms. The maximum atomic E-state index is 3.84. The van der Waals surface area contributed by atoms with Gasteiger partial charge in [-0.05, 0) is 25.7 Å². The van der Waals surface area contributed by atoms with Crippen LogP contribution >= 0.6 is 0 Å². The minimum atomic E-state index is 0.738. The van der Waals surface area contributed by atoms with Crippen LogP contribution in [0.4, 0.5) is 0 Å². The lowest BCUT2D eigenvalue weighted by Gasteiger charge is -2.05. The number of rotatable bonds is 8. The summed E-state index contributed by atoms with van der Waals surface area (Å²) in [6.07, 6.45) is 13.2. The van der Waals surface area contributed by atoms with Crippen molar-refractivity contribution in [1.29, 1.82) is 0 Å². The molecule has 0 N–H and O–H groups in total. The van der Waals surface area contributed by atoms with E-state index in [2.05, 4.69) is 32.9 Å². The Morgan fingerprint density at radius 3 is 2.38 bits per heavy atom. The standard InChI is InChI=1S/C13H24/c1-4-6-8-9-10-12-13(3)11-7-5-2/h7,11,13H,1-2,4-6,8-10,12H2,3H3/b11-7+. The van der Waals surface area contributed by atoms with E-state index in [1.165, 1.54) is 32.1 Å². The molecule has 13 heavy (non-hydrogen) atoms. The number of allylic oxidation sites excluding steroid dienone is 2. The first-order valence-electron chi connectivity index (χ1n) is 5.56. The highest BCUT2D eigenvalue weighted by Gasteiger charge is 1.96. The first kappa shape index (κ1) is 12.7. The van der Waals surface area contributed by atoms with E-state index in [4.69, 9.17) is 0 Å². The van der Waals surface area contributed by atoms with Gasteiger partial charge >= 0.3 is 0 Å². The highest BCUT2D eigenvalue weighted by atomic mass is 14.0. The van der Waals surface area contributed by atoms with Crippen LogP contribution in [-0.4, -0.2) is 0 Å². The minimum absolute atomic E-state index is 0.738. The molecule has 0 heteroatoms. The van der Waals surface area contributed by atoms with Gasteiger partial charge < -0.3 is 0 Å². The molecule has 0 nitrogen and oxygen atoms in total. The second-order valence-electron chi connectivity index (χ2n) is 3.75. The van der Waals surface area contributed by atoms with E-state index in [1.54, 1.807) is 0 Å². The summed E-state index contributed by atoms with van der Waals surface area (Å²) >= 11 is 0. The molecule has 0 aliphatic rings. The summed E-state index contributed by atoms with van der Waals surface area (Å²) in [4.78, 5) is 0. The lowest BCUT2D eigenvalue weighted by atomic mass is 10.0. The van der Waals surface area contributed by atoms with Crippen molar-refractivity contribution in [3.8, 4) is 0 Å². The topological polar surface area (TPSA) is 0 Å². The molecule has 1 atom stereocenters. The molecule has 0 rings (SSSR count). The summed E-state index contributed by atoms with van der Waals surface area (Å²) in [7, 11) is 0. The minimum Gasteiger partial charge on any atom is -0.0883 e. The van der Waals surface area contributed by atoms with E-state index < -0.39 is 0 Å². The van der Waals surface area contributed by atoms with Crippen LogP contribution in [0.15, 0.2) is 12.2 Å². The van der Waals surface area contributed by atoms with Gasteiger partial charge in [0.05, 0.1) is 0 Å². The predicted molar refractivity (Wildman–Crippen MR) is 61.3 cm³/mol. The van der Waals surface area contributed by atoms with E-state index in [0.29, 0.717) is 0 Å². The van der Waals surface area contributed by atoms with E-state index in [0.717, 1.165) is 18.8 Å². The SMILES string of the molecule is [CH2]C/C=C/C(C)CCCCCC[CH2]. The summed E-state index contributed by atoms with van der Waals surface area (Å²) in [6, 6.07) is 0. The van der Waals surface area contributed by atoms with Crippen molar-refractivity contribution in [2.24, 2.45) is 5.92 Å². The van der Waals surface area contributed by atoms with Crippen LogP contribution in [-0.2, 0) is 0 Å². The maximum absolute atomic E-state index is 3.84.